The average molecular weight is 222 g/mol. The summed E-state index contributed by atoms with van der Waals surface area (Å²) >= 11 is 0. The summed E-state index contributed by atoms with van der Waals surface area (Å²) < 4.78 is 1.92. The van der Waals surface area contributed by atoms with E-state index >= 15 is 0 Å². The molecule has 16 heavy (non-hydrogen) atoms. The van der Waals surface area contributed by atoms with Crippen molar-refractivity contribution in [2.45, 2.75) is 44.4 Å². The molecule has 1 aromatic heterocycles. The van der Waals surface area contributed by atoms with Crippen LogP contribution >= 0.6 is 0 Å². The largest absolute Gasteiger partial charge is 0.390 e. The van der Waals surface area contributed by atoms with E-state index in [4.69, 9.17) is 5.11 Å². The van der Waals surface area contributed by atoms with E-state index in [0.717, 1.165) is 19.0 Å². The van der Waals surface area contributed by atoms with Crippen LogP contribution in [-0.2, 0) is 6.61 Å². The fourth-order valence-electron chi connectivity index (χ4n) is 2.63. The van der Waals surface area contributed by atoms with Gasteiger partial charge in [-0.05, 0) is 19.3 Å². The maximum Gasteiger partial charge on any atom is 0.108 e. The van der Waals surface area contributed by atoms with Gasteiger partial charge in [0.1, 0.15) is 5.69 Å². The molecule has 0 amide bonds. The average Bonchev–Trinajstić information content (AvgIpc) is 2.81. The topological polar surface area (TPSA) is 54.2 Å². The second-order valence-electron chi connectivity index (χ2n) is 4.87. The molecular formula is C11H18N4O. The lowest BCUT2D eigenvalue weighted by Crippen LogP contribution is -2.38. The predicted octanol–water partition coefficient (Wildman–Crippen LogP) is 0.570. The second kappa shape index (κ2) is 4.14. The summed E-state index contributed by atoms with van der Waals surface area (Å²) in [6.07, 6.45) is 7.15. The Morgan fingerprint density at radius 2 is 2.19 bits per heavy atom. The van der Waals surface area contributed by atoms with Crippen LogP contribution in [0.4, 0.5) is 0 Å². The molecule has 1 saturated heterocycles. The number of hydrogen-bond acceptors (Lipinski definition) is 4. The molecule has 2 heterocycles. The molecule has 0 bridgehead atoms. The molecule has 1 aromatic rings. The van der Waals surface area contributed by atoms with Gasteiger partial charge in [-0.25, -0.2) is 4.68 Å². The molecule has 5 heteroatoms. The van der Waals surface area contributed by atoms with E-state index in [0.29, 0.717) is 11.7 Å². The molecule has 0 aromatic carbocycles. The zero-order valence-electron chi connectivity index (χ0n) is 9.42. The Morgan fingerprint density at radius 1 is 1.31 bits per heavy atom. The SMILES string of the molecule is OCc1cn([C@H]2CCN(C3CCC3)C2)nn1. The van der Waals surface area contributed by atoms with Crippen molar-refractivity contribution in [2.24, 2.45) is 0 Å². The first-order valence-electron chi connectivity index (χ1n) is 6.12. The van der Waals surface area contributed by atoms with Crippen molar-refractivity contribution < 1.29 is 5.11 Å². The van der Waals surface area contributed by atoms with E-state index in [1.807, 2.05) is 10.9 Å². The molecule has 2 aliphatic rings. The van der Waals surface area contributed by atoms with E-state index < -0.39 is 0 Å². The Labute approximate surface area is 95.1 Å². The van der Waals surface area contributed by atoms with Crippen LogP contribution in [0.2, 0.25) is 0 Å². The summed E-state index contributed by atoms with van der Waals surface area (Å²) in [6.45, 7) is 2.27. The highest BCUT2D eigenvalue weighted by molar-refractivity contribution is 4.94. The number of rotatable bonds is 3. The van der Waals surface area contributed by atoms with Crippen molar-refractivity contribution >= 4 is 0 Å². The standard InChI is InChI=1S/C11H18N4O/c16-8-9-6-15(13-12-9)11-4-5-14(7-11)10-2-1-3-10/h6,10-11,16H,1-5,7-8H2/t11-/m0/s1. The van der Waals surface area contributed by atoms with Crippen molar-refractivity contribution in [3.8, 4) is 0 Å². The quantitative estimate of drug-likeness (QED) is 0.812. The lowest BCUT2D eigenvalue weighted by Gasteiger charge is -2.34. The number of aromatic nitrogens is 3. The van der Waals surface area contributed by atoms with E-state index in [-0.39, 0.29) is 6.61 Å². The molecule has 3 rings (SSSR count). The van der Waals surface area contributed by atoms with Gasteiger partial charge in [0, 0.05) is 19.1 Å². The normalized spacial score (nSPS) is 27.2. The van der Waals surface area contributed by atoms with E-state index in [1.165, 1.54) is 25.8 Å². The third-order valence-electron chi connectivity index (χ3n) is 3.88. The molecule has 88 valence electrons. The molecule has 5 nitrogen and oxygen atoms in total. The summed E-state index contributed by atoms with van der Waals surface area (Å²) in [6, 6.07) is 1.28. The minimum absolute atomic E-state index is 0.0148. The Bertz CT molecular complexity index is 361. The smallest absolute Gasteiger partial charge is 0.108 e. The van der Waals surface area contributed by atoms with Gasteiger partial charge in [0.05, 0.1) is 18.8 Å². The third-order valence-corrected chi connectivity index (χ3v) is 3.88. The summed E-state index contributed by atoms with van der Waals surface area (Å²) in [4.78, 5) is 2.58. The molecule has 0 unspecified atom stereocenters. The highest BCUT2D eigenvalue weighted by Crippen LogP contribution is 2.31. The third kappa shape index (κ3) is 1.74. The van der Waals surface area contributed by atoms with E-state index in [1.54, 1.807) is 0 Å². The van der Waals surface area contributed by atoms with Gasteiger partial charge in [-0.1, -0.05) is 11.6 Å². The number of nitrogens with zero attached hydrogens (tertiary/aromatic N) is 4. The summed E-state index contributed by atoms with van der Waals surface area (Å²) in [5, 5.41) is 17.0. The minimum atomic E-state index is -0.0148. The molecule has 1 aliphatic heterocycles. The highest BCUT2D eigenvalue weighted by Gasteiger charge is 2.32. The van der Waals surface area contributed by atoms with E-state index in [2.05, 4.69) is 15.2 Å². The van der Waals surface area contributed by atoms with Gasteiger partial charge in [0.25, 0.3) is 0 Å². The van der Waals surface area contributed by atoms with Gasteiger partial charge in [-0.3, -0.25) is 4.90 Å². The summed E-state index contributed by atoms with van der Waals surface area (Å²) in [7, 11) is 0. The van der Waals surface area contributed by atoms with Crippen molar-refractivity contribution in [1.82, 2.24) is 19.9 Å². The number of likely N-dealkylation sites (tertiary alicyclic amines) is 1. The summed E-state index contributed by atoms with van der Waals surface area (Å²) in [5.74, 6) is 0. The van der Waals surface area contributed by atoms with Crippen molar-refractivity contribution in [3.63, 3.8) is 0 Å². The molecule has 0 spiro atoms. The Kier molecular flexibility index (Phi) is 2.65. The molecule has 1 saturated carbocycles. The first kappa shape index (κ1) is 10.2. The summed E-state index contributed by atoms with van der Waals surface area (Å²) in [5.41, 5.74) is 0.669. The Balaban J connectivity index is 1.63. The number of aliphatic hydroxyl groups is 1. The minimum Gasteiger partial charge on any atom is -0.390 e. The predicted molar refractivity (Wildman–Crippen MR) is 58.8 cm³/mol. The molecule has 1 N–H and O–H groups in total. The first-order valence-corrected chi connectivity index (χ1v) is 6.12. The van der Waals surface area contributed by atoms with E-state index in [9.17, 15) is 0 Å². The zero-order chi connectivity index (χ0) is 11.0. The molecule has 1 aliphatic carbocycles. The molecule has 2 fully saturated rings. The fraction of sp³-hybridized carbons (Fsp3) is 0.818. The van der Waals surface area contributed by atoms with Crippen LogP contribution in [0, 0.1) is 0 Å². The fourth-order valence-corrected chi connectivity index (χ4v) is 2.63. The van der Waals surface area contributed by atoms with Crippen molar-refractivity contribution in [1.29, 1.82) is 0 Å². The molecule has 1 atom stereocenters. The Morgan fingerprint density at radius 3 is 2.81 bits per heavy atom. The maximum atomic E-state index is 8.95. The van der Waals surface area contributed by atoms with Gasteiger partial charge < -0.3 is 5.11 Å². The van der Waals surface area contributed by atoms with Crippen LogP contribution in [0.1, 0.15) is 37.4 Å². The number of hydrogen-bond donors (Lipinski definition) is 1. The first-order chi connectivity index (χ1) is 7.86. The van der Waals surface area contributed by atoms with Crippen LogP contribution in [0.25, 0.3) is 0 Å². The molecular weight excluding hydrogens is 204 g/mol. The highest BCUT2D eigenvalue weighted by atomic mass is 16.3. The van der Waals surface area contributed by atoms with Crippen molar-refractivity contribution in [2.75, 3.05) is 13.1 Å². The van der Waals surface area contributed by atoms with Crippen molar-refractivity contribution in [3.05, 3.63) is 11.9 Å². The van der Waals surface area contributed by atoms with Gasteiger partial charge in [0.2, 0.25) is 0 Å². The lowest BCUT2D eigenvalue weighted by molar-refractivity contribution is 0.153. The lowest BCUT2D eigenvalue weighted by atomic mass is 9.92. The second-order valence-corrected chi connectivity index (χ2v) is 4.87. The zero-order valence-corrected chi connectivity index (χ0v) is 9.42. The van der Waals surface area contributed by atoms with Gasteiger partial charge >= 0.3 is 0 Å². The number of aliphatic hydroxyl groups excluding tert-OH is 1. The van der Waals surface area contributed by atoms with Gasteiger partial charge in [-0.2, -0.15) is 0 Å². The van der Waals surface area contributed by atoms with Crippen LogP contribution < -0.4 is 0 Å². The van der Waals surface area contributed by atoms with Crippen LogP contribution in [0.5, 0.6) is 0 Å². The van der Waals surface area contributed by atoms with Crippen LogP contribution in [0.15, 0.2) is 6.20 Å². The monoisotopic (exact) mass is 222 g/mol. The molecule has 0 radical (unpaired) electrons. The van der Waals surface area contributed by atoms with Gasteiger partial charge in [0.15, 0.2) is 0 Å². The van der Waals surface area contributed by atoms with Crippen LogP contribution in [-0.4, -0.2) is 44.1 Å². The Hall–Kier alpha value is -0.940. The van der Waals surface area contributed by atoms with Gasteiger partial charge in [-0.15, -0.1) is 5.10 Å². The maximum absolute atomic E-state index is 8.95. The van der Waals surface area contributed by atoms with Crippen LogP contribution in [0.3, 0.4) is 0 Å².